The standard InChI is InChI=1S/C19H21N3O4S/c1-4-26-14-9-11-15(12-10-14)27(24,25)21-20-18-16-7-5-6-8-17(16)22(13(2)3)19(18)23/h5-13,23H,4H2,1-3H3. The molecule has 1 N–H and O–H groups in total. The Morgan fingerprint density at radius 3 is 2.41 bits per heavy atom. The van der Waals surface area contributed by atoms with Crippen molar-refractivity contribution >= 4 is 26.6 Å². The third-order valence-electron chi connectivity index (χ3n) is 4.06. The van der Waals surface area contributed by atoms with Gasteiger partial charge in [-0.15, -0.1) is 5.11 Å². The molecule has 8 heteroatoms. The fraction of sp³-hybridized carbons (Fsp3) is 0.263. The first-order valence-electron chi connectivity index (χ1n) is 8.58. The highest BCUT2D eigenvalue weighted by Gasteiger charge is 2.20. The number of benzene rings is 2. The number of sulfonamides is 1. The molecule has 0 saturated heterocycles. The maximum absolute atomic E-state index is 12.5. The molecule has 0 saturated carbocycles. The van der Waals surface area contributed by atoms with E-state index < -0.39 is 10.0 Å². The van der Waals surface area contributed by atoms with Gasteiger partial charge in [0.2, 0.25) is 5.88 Å². The van der Waals surface area contributed by atoms with Gasteiger partial charge in [0.1, 0.15) is 5.75 Å². The van der Waals surface area contributed by atoms with Crippen LogP contribution in [0.2, 0.25) is 0 Å². The maximum atomic E-state index is 12.5. The number of nitrogens with zero attached hydrogens (tertiary/aromatic N) is 3. The van der Waals surface area contributed by atoms with E-state index in [9.17, 15) is 13.5 Å². The van der Waals surface area contributed by atoms with Crippen LogP contribution in [0, 0.1) is 0 Å². The van der Waals surface area contributed by atoms with Crippen molar-refractivity contribution in [2.45, 2.75) is 31.7 Å². The van der Waals surface area contributed by atoms with Gasteiger partial charge in [-0.3, -0.25) is 0 Å². The van der Waals surface area contributed by atoms with Crippen LogP contribution in [0.15, 0.2) is 63.1 Å². The van der Waals surface area contributed by atoms with Crippen LogP contribution in [0.1, 0.15) is 26.8 Å². The Bertz CT molecular complexity index is 1080. The lowest BCUT2D eigenvalue weighted by atomic mass is 10.2. The smallest absolute Gasteiger partial charge is 0.299 e. The molecule has 1 heterocycles. The summed E-state index contributed by atoms with van der Waals surface area (Å²) in [6.07, 6.45) is 0. The molecule has 0 atom stereocenters. The summed E-state index contributed by atoms with van der Waals surface area (Å²) in [5.74, 6) is 0.461. The van der Waals surface area contributed by atoms with Crippen LogP contribution in [0.3, 0.4) is 0 Å². The SMILES string of the molecule is CCOc1ccc(S(=O)(=O)N=Nc2c(O)n(C(C)C)c3ccccc23)cc1. The number of para-hydroxylation sites is 1. The number of aromatic hydroxyl groups is 1. The van der Waals surface area contributed by atoms with Gasteiger partial charge in [-0.2, -0.15) is 8.42 Å². The summed E-state index contributed by atoms with van der Waals surface area (Å²) in [5, 5.41) is 15.1. The zero-order valence-electron chi connectivity index (χ0n) is 15.3. The molecule has 7 nitrogen and oxygen atoms in total. The summed E-state index contributed by atoms with van der Waals surface area (Å²) in [7, 11) is -4.00. The second-order valence-electron chi connectivity index (χ2n) is 6.21. The quantitative estimate of drug-likeness (QED) is 0.615. The second-order valence-corrected chi connectivity index (χ2v) is 7.80. The van der Waals surface area contributed by atoms with Crippen molar-refractivity contribution in [2.75, 3.05) is 6.61 Å². The van der Waals surface area contributed by atoms with Crippen molar-refractivity contribution in [2.24, 2.45) is 9.63 Å². The van der Waals surface area contributed by atoms with E-state index in [0.717, 1.165) is 5.52 Å². The lowest BCUT2D eigenvalue weighted by Crippen LogP contribution is -1.98. The average Bonchev–Trinajstić information content (AvgIpc) is 2.92. The monoisotopic (exact) mass is 387 g/mol. The minimum atomic E-state index is -4.00. The van der Waals surface area contributed by atoms with E-state index in [2.05, 4.69) is 9.63 Å². The fourth-order valence-corrected chi connectivity index (χ4v) is 3.63. The first-order valence-corrected chi connectivity index (χ1v) is 10.0. The van der Waals surface area contributed by atoms with E-state index in [-0.39, 0.29) is 22.5 Å². The molecule has 0 spiro atoms. The van der Waals surface area contributed by atoms with E-state index in [1.54, 1.807) is 28.8 Å². The van der Waals surface area contributed by atoms with Gasteiger partial charge in [0.25, 0.3) is 10.0 Å². The molecule has 3 aromatic rings. The number of aromatic nitrogens is 1. The van der Waals surface area contributed by atoms with Crippen LogP contribution in [-0.4, -0.2) is 24.7 Å². The van der Waals surface area contributed by atoms with Gasteiger partial charge in [0.05, 0.1) is 17.0 Å². The third kappa shape index (κ3) is 3.66. The summed E-state index contributed by atoms with van der Waals surface area (Å²) in [6.45, 7) is 6.18. The minimum absolute atomic E-state index is 0.00166. The molecule has 142 valence electrons. The average molecular weight is 387 g/mol. The van der Waals surface area contributed by atoms with Crippen molar-refractivity contribution in [3.63, 3.8) is 0 Å². The van der Waals surface area contributed by atoms with Crippen molar-refractivity contribution in [1.29, 1.82) is 0 Å². The molecule has 2 aromatic carbocycles. The molecular weight excluding hydrogens is 366 g/mol. The van der Waals surface area contributed by atoms with E-state index in [4.69, 9.17) is 4.74 Å². The molecule has 0 radical (unpaired) electrons. The third-order valence-corrected chi connectivity index (χ3v) is 5.22. The molecule has 0 aliphatic heterocycles. The summed E-state index contributed by atoms with van der Waals surface area (Å²) in [4.78, 5) is 0.00166. The van der Waals surface area contributed by atoms with Crippen LogP contribution in [0.25, 0.3) is 10.9 Å². The van der Waals surface area contributed by atoms with E-state index >= 15 is 0 Å². The number of hydrogen-bond donors (Lipinski definition) is 1. The summed E-state index contributed by atoms with van der Waals surface area (Å²) in [6, 6.07) is 13.2. The normalized spacial score (nSPS) is 12.3. The van der Waals surface area contributed by atoms with E-state index in [1.807, 2.05) is 32.9 Å². The van der Waals surface area contributed by atoms with Crippen molar-refractivity contribution < 1.29 is 18.3 Å². The molecule has 0 fully saturated rings. The first kappa shape index (κ1) is 18.9. The van der Waals surface area contributed by atoms with E-state index in [0.29, 0.717) is 17.7 Å². The van der Waals surface area contributed by atoms with Gasteiger partial charge < -0.3 is 14.4 Å². The largest absolute Gasteiger partial charge is 0.494 e. The highest BCUT2D eigenvalue weighted by atomic mass is 32.2. The Morgan fingerprint density at radius 1 is 1.11 bits per heavy atom. The second kappa shape index (κ2) is 7.40. The molecule has 0 unspecified atom stereocenters. The molecule has 0 bridgehead atoms. The van der Waals surface area contributed by atoms with Crippen molar-refractivity contribution in [1.82, 2.24) is 4.57 Å². The molecule has 0 aliphatic rings. The van der Waals surface area contributed by atoms with Crippen LogP contribution in [0.5, 0.6) is 11.6 Å². The Balaban J connectivity index is 2.01. The van der Waals surface area contributed by atoms with Gasteiger partial charge in [-0.1, -0.05) is 22.7 Å². The Morgan fingerprint density at radius 2 is 1.78 bits per heavy atom. The minimum Gasteiger partial charge on any atom is -0.494 e. The Kier molecular flexibility index (Phi) is 5.18. The zero-order chi connectivity index (χ0) is 19.6. The molecule has 0 aliphatic carbocycles. The van der Waals surface area contributed by atoms with Crippen LogP contribution in [-0.2, 0) is 10.0 Å². The molecule has 1 aromatic heterocycles. The number of hydrogen-bond acceptors (Lipinski definition) is 5. The zero-order valence-corrected chi connectivity index (χ0v) is 16.1. The van der Waals surface area contributed by atoms with Crippen LogP contribution < -0.4 is 4.74 Å². The Labute approximate surface area is 158 Å². The summed E-state index contributed by atoms with van der Waals surface area (Å²) < 4.78 is 35.5. The van der Waals surface area contributed by atoms with Gasteiger partial charge in [0.15, 0.2) is 5.69 Å². The van der Waals surface area contributed by atoms with Crippen molar-refractivity contribution in [3.8, 4) is 11.6 Å². The van der Waals surface area contributed by atoms with Gasteiger partial charge in [0, 0.05) is 11.4 Å². The topological polar surface area (TPSA) is 93.2 Å². The van der Waals surface area contributed by atoms with Crippen molar-refractivity contribution in [3.05, 3.63) is 48.5 Å². The first-order chi connectivity index (χ1) is 12.8. The Hall–Kier alpha value is -2.87. The number of fused-ring (bicyclic) bond motifs is 1. The molecule has 0 amide bonds. The van der Waals surface area contributed by atoms with Gasteiger partial charge in [-0.05, 0) is 51.1 Å². The molecule has 27 heavy (non-hydrogen) atoms. The predicted octanol–water partition coefficient (Wildman–Crippen LogP) is 4.80. The van der Waals surface area contributed by atoms with E-state index in [1.165, 1.54) is 12.1 Å². The highest BCUT2D eigenvalue weighted by Crippen LogP contribution is 2.41. The number of ether oxygens (including phenoxy) is 1. The maximum Gasteiger partial charge on any atom is 0.299 e. The molecule has 3 rings (SSSR count). The van der Waals surface area contributed by atoms with Crippen LogP contribution >= 0.6 is 0 Å². The van der Waals surface area contributed by atoms with Gasteiger partial charge in [-0.25, -0.2) is 0 Å². The highest BCUT2D eigenvalue weighted by molar-refractivity contribution is 7.90. The van der Waals surface area contributed by atoms with Crippen LogP contribution in [0.4, 0.5) is 5.69 Å². The number of rotatable bonds is 6. The summed E-state index contributed by atoms with van der Waals surface area (Å²) in [5.41, 5.74) is 0.895. The molecular formula is C19H21N3O4S. The van der Waals surface area contributed by atoms with Gasteiger partial charge >= 0.3 is 0 Å². The predicted molar refractivity (Wildman–Crippen MR) is 103 cm³/mol. The lowest BCUT2D eigenvalue weighted by molar-refractivity contribution is 0.340. The summed E-state index contributed by atoms with van der Waals surface area (Å²) >= 11 is 0. The lowest BCUT2D eigenvalue weighted by Gasteiger charge is -2.10. The fourth-order valence-electron chi connectivity index (χ4n) is 2.87.